The Morgan fingerprint density at radius 3 is 1.88 bits per heavy atom. The molecule has 0 atom stereocenters. The number of esters is 2. The van der Waals surface area contributed by atoms with Crippen LogP contribution in [0.3, 0.4) is 0 Å². The number of nitrogens with one attached hydrogen (secondary N) is 1. The van der Waals surface area contributed by atoms with E-state index in [4.69, 9.17) is 23.7 Å². The van der Waals surface area contributed by atoms with Crippen LogP contribution in [0.5, 0.6) is 28.7 Å². The molecule has 0 aliphatic carbocycles. The van der Waals surface area contributed by atoms with Crippen LogP contribution in [0.25, 0.3) is 6.08 Å². The summed E-state index contributed by atoms with van der Waals surface area (Å²) in [5.41, 5.74) is 2.18. The van der Waals surface area contributed by atoms with Crippen LogP contribution in [-0.4, -0.2) is 52.1 Å². The maximum Gasteiger partial charge on any atom is 0.308 e. The fraction of sp³-hybridized carbons (Fsp3) is 0.226. The smallest absolute Gasteiger partial charge is 0.308 e. The first-order chi connectivity index (χ1) is 20.1. The molecule has 3 aromatic carbocycles. The van der Waals surface area contributed by atoms with Gasteiger partial charge in [-0.3, -0.25) is 19.2 Å². The molecule has 2 amide bonds. The highest BCUT2D eigenvalue weighted by molar-refractivity contribution is 6.04. The molecule has 1 N–H and O–H groups in total. The van der Waals surface area contributed by atoms with E-state index in [2.05, 4.69) is 5.32 Å². The molecule has 0 aliphatic heterocycles. The topological polar surface area (TPSA) is 130 Å². The molecule has 11 nitrogen and oxygen atoms in total. The molecule has 11 heteroatoms. The SMILES string of the molecule is CNC(=O)c1ccc(N(Cc2cc(OC)c(OC(C)=O)c(OC)c2)C(=O)/C=C/c2ccc(OC(C)=O)c(OC)c2)cc1. The minimum atomic E-state index is -0.546. The number of benzene rings is 3. The van der Waals surface area contributed by atoms with E-state index >= 15 is 0 Å². The second-order valence-electron chi connectivity index (χ2n) is 8.81. The molecule has 0 unspecified atom stereocenters. The molecule has 0 saturated carbocycles. The minimum absolute atomic E-state index is 0.0737. The Bertz CT molecular complexity index is 1470. The summed E-state index contributed by atoms with van der Waals surface area (Å²) in [7, 11) is 5.83. The molecule has 42 heavy (non-hydrogen) atoms. The van der Waals surface area contributed by atoms with Crippen molar-refractivity contribution in [2.45, 2.75) is 20.4 Å². The zero-order chi connectivity index (χ0) is 30.8. The molecule has 0 spiro atoms. The lowest BCUT2D eigenvalue weighted by molar-refractivity contribution is -0.133. The summed E-state index contributed by atoms with van der Waals surface area (Å²) in [5.74, 6) is -0.479. The first-order valence-electron chi connectivity index (χ1n) is 12.7. The van der Waals surface area contributed by atoms with Crippen molar-refractivity contribution in [3.63, 3.8) is 0 Å². The lowest BCUT2D eigenvalue weighted by Gasteiger charge is -2.23. The van der Waals surface area contributed by atoms with E-state index in [1.165, 1.54) is 53.2 Å². The summed E-state index contributed by atoms with van der Waals surface area (Å²) in [6, 6.07) is 14.7. The van der Waals surface area contributed by atoms with Gasteiger partial charge in [0.25, 0.3) is 11.8 Å². The predicted octanol–water partition coefficient (Wildman–Crippen LogP) is 4.17. The van der Waals surface area contributed by atoms with Crippen LogP contribution in [0.15, 0.2) is 60.7 Å². The molecule has 0 heterocycles. The van der Waals surface area contributed by atoms with Gasteiger partial charge in [0, 0.05) is 38.2 Å². The predicted molar refractivity (Wildman–Crippen MR) is 155 cm³/mol. The Labute approximate surface area is 243 Å². The van der Waals surface area contributed by atoms with Gasteiger partial charge in [-0.1, -0.05) is 6.07 Å². The van der Waals surface area contributed by atoms with Crippen molar-refractivity contribution in [2.75, 3.05) is 33.3 Å². The lowest BCUT2D eigenvalue weighted by atomic mass is 10.1. The van der Waals surface area contributed by atoms with Crippen molar-refractivity contribution in [3.05, 3.63) is 77.4 Å². The maximum atomic E-state index is 13.6. The molecule has 0 radical (unpaired) electrons. The lowest BCUT2D eigenvalue weighted by Crippen LogP contribution is -2.29. The van der Waals surface area contributed by atoms with Crippen LogP contribution >= 0.6 is 0 Å². The third-order valence-corrected chi connectivity index (χ3v) is 5.90. The fourth-order valence-corrected chi connectivity index (χ4v) is 3.97. The highest BCUT2D eigenvalue weighted by Crippen LogP contribution is 2.39. The van der Waals surface area contributed by atoms with Gasteiger partial charge in [0.2, 0.25) is 5.75 Å². The standard InChI is InChI=1S/C31H32N2O9/c1-19(34)41-25-13-7-21(15-26(25)38-4)8-14-29(36)33(24-11-9-23(10-12-24)31(37)32-3)18-22-16-27(39-5)30(42-20(2)35)28(17-22)40-6/h7-17H,18H2,1-6H3,(H,32,37)/b14-8+. The molecule has 3 aromatic rings. The van der Waals surface area contributed by atoms with Gasteiger partial charge in [0.15, 0.2) is 23.0 Å². The van der Waals surface area contributed by atoms with E-state index in [0.29, 0.717) is 28.1 Å². The summed E-state index contributed by atoms with van der Waals surface area (Å²) in [6.07, 6.45) is 2.98. The quantitative estimate of drug-likeness (QED) is 0.203. The average molecular weight is 577 g/mol. The van der Waals surface area contributed by atoms with Gasteiger partial charge in [-0.2, -0.15) is 0 Å². The van der Waals surface area contributed by atoms with Gasteiger partial charge in [0.05, 0.1) is 27.9 Å². The molecule has 0 fully saturated rings. The highest BCUT2D eigenvalue weighted by atomic mass is 16.6. The first kappa shape index (κ1) is 31.2. The zero-order valence-corrected chi connectivity index (χ0v) is 24.2. The summed E-state index contributed by atoms with van der Waals surface area (Å²) in [5, 5.41) is 2.57. The molecular weight excluding hydrogens is 544 g/mol. The van der Waals surface area contributed by atoms with E-state index in [-0.39, 0.29) is 41.4 Å². The maximum absolute atomic E-state index is 13.6. The van der Waals surface area contributed by atoms with Gasteiger partial charge in [-0.25, -0.2) is 0 Å². The molecule has 220 valence electrons. The molecule has 0 bridgehead atoms. The Morgan fingerprint density at radius 1 is 0.762 bits per heavy atom. The van der Waals surface area contributed by atoms with Crippen molar-refractivity contribution in [1.82, 2.24) is 5.32 Å². The van der Waals surface area contributed by atoms with E-state index in [9.17, 15) is 19.2 Å². The van der Waals surface area contributed by atoms with E-state index < -0.39 is 11.9 Å². The summed E-state index contributed by atoms with van der Waals surface area (Å²) >= 11 is 0. The van der Waals surface area contributed by atoms with Gasteiger partial charge in [0.1, 0.15) is 0 Å². The molecule has 0 aromatic heterocycles. The Balaban J connectivity index is 2.01. The largest absolute Gasteiger partial charge is 0.493 e. The van der Waals surface area contributed by atoms with Gasteiger partial charge < -0.3 is 33.9 Å². The second kappa shape index (κ2) is 14.4. The fourth-order valence-electron chi connectivity index (χ4n) is 3.97. The van der Waals surface area contributed by atoms with Crippen LogP contribution < -0.4 is 33.9 Å². The number of hydrogen-bond donors (Lipinski definition) is 1. The molecule has 0 aliphatic rings. The monoisotopic (exact) mass is 576 g/mol. The third kappa shape index (κ3) is 7.87. The van der Waals surface area contributed by atoms with Gasteiger partial charge in [-0.15, -0.1) is 0 Å². The van der Waals surface area contributed by atoms with E-state index in [0.717, 1.165) is 0 Å². The number of carbonyl (C=O) groups is 4. The number of methoxy groups -OCH3 is 3. The Hall–Kier alpha value is -5.32. The summed E-state index contributed by atoms with van der Waals surface area (Å²) in [6.45, 7) is 2.63. The van der Waals surface area contributed by atoms with Crippen LogP contribution in [0.4, 0.5) is 5.69 Å². The number of anilines is 1. The van der Waals surface area contributed by atoms with Crippen LogP contribution in [0.2, 0.25) is 0 Å². The van der Waals surface area contributed by atoms with Crippen molar-refractivity contribution in [3.8, 4) is 28.7 Å². The van der Waals surface area contributed by atoms with Crippen LogP contribution in [0.1, 0.15) is 35.3 Å². The highest BCUT2D eigenvalue weighted by Gasteiger charge is 2.20. The number of amides is 2. The molecule has 3 rings (SSSR count). The second-order valence-corrected chi connectivity index (χ2v) is 8.81. The van der Waals surface area contributed by atoms with E-state index in [1.54, 1.807) is 60.7 Å². The Kier molecular flexibility index (Phi) is 10.7. The summed E-state index contributed by atoms with van der Waals surface area (Å²) in [4.78, 5) is 50.2. The normalized spacial score (nSPS) is 10.5. The number of hydrogen-bond acceptors (Lipinski definition) is 9. The first-order valence-corrected chi connectivity index (χ1v) is 12.7. The molecular formula is C31H32N2O9. The number of carbonyl (C=O) groups excluding carboxylic acids is 4. The number of nitrogens with zero attached hydrogens (tertiary/aromatic N) is 1. The van der Waals surface area contributed by atoms with Crippen molar-refractivity contribution in [1.29, 1.82) is 0 Å². The Morgan fingerprint density at radius 2 is 1.36 bits per heavy atom. The van der Waals surface area contributed by atoms with Crippen molar-refractivity contribution >= 4 is 35.5 Å². The van der Waals surface area contributed by atoms with E-state index in [1.807, 2.05) is 0 Å². The van der Waals surface area contributed by atoms with Gasteiger partial charge >= 0.3 is 11.9 Å². The van der Waals surface area contributed by atoms with Crippen molar-refractivity contribution < 1.29 is 42.9 Å². The van der Waals surface area contributed by atoms with Crippen LogP contribution in [0, 0.1) is 0 Å². The number of ether oxygens (including phenoxy) is 5. The zero-order valence-electron chi connectivity index (χ0n) is 24.2. The third-order valence-electron chi connectivity index (χ3n) is 5.90. The van der Waals surface area contributed by atoms with Crippen LogP contribution in [-0.2, 0) is 20.9 Å². The average Bonchev–Trinajstić information content (AvgIpc) is 2.98. The van der Waals surface area contributed by atoms with Gasteiger partial charge in [-0.05, 0) is 65.7 Å². The molecule has 0 saturated heterocycles. The van der Waals surface area contributed by atoms with Crippen molar-refractivity contribution in [2.24, 2.45) is 0 Å². The minimum Gasteiger partial charge on any atom is -0.493 e. The number of rotatable bonds is 11. The summed E-state index contributed by atoms with van der Waals surface area (Å²) < 4.78 is 26.6.